The first kappa shape index (κ1) is 16.7. The van der Waals surface area contributed by atoms with Gasteiger partial charge in [-0.3, -0.25) is 4.79 Å². The van der Waals surface area contributed by atoms with Crippen LogP contribution in [0.3, 0.4) is 0 Å². The maximum atomic E-state index is 11.8. The van der Waals surface area contributed by atoms with Crippen molar-refractivity contribution < 1.29 is 30.3 Å². The van der Waals surface area contributed by atoms with E-state index in [9.17, 15) is 20.1 Å². The molecule has 0 radical (unpaired) electrons. The van der Waals surface area contributed by atoms with E-state index in [0.717, 1.165) is 5.56 Å². The molecule has 1 aromatic rings. The summed E-state index contributed by atoms with van der Waals surface area (Å²) >= 11 is 0. The fraction of sp³-hybridized carbons (Fsp3) is 0.500. The average Bonchev–Trinajstić information content (AvgIpc) is 2.46. The highest BCUT2D eigenvalue weighted by Gasteiger charge is 2.33. The largest absolute Gasteiger partial charge is 0.394 e. The van der Waals surface area contributed by atoms with Crippen LogP contribution >= 0.6 is 0 Å². The quantitative estimate of drug-likeness (QED) is 0.418. The van der Waals surface area contributed by atoms with Gasteiger partial charge in [0, 0.05) is 6.42 Å². The summed E-state index contributed by atoms with van der Waals surface area (Å²) in [5.74, 6) is -0.675. The van der Waals surface area contributed by atoms with Crippen molar-refractivity contribution in [3.63, 3.8) is 0 Å². The predicted molar refractivity (Wildman–Crippen MR) is 71.0 cm³/mol. The molecule has 112 valence electrons. The maximum absolute atomic E-state index is 11.8. The van der Waals surface area contributed by atoms with E-state index in [1.54, 1.807) is 12.1 Å². The third-order valence-corrected chi connectivity index (χ3v) is 3.08. The summed E-state index contributed by atoms with van der Waals surface area (Å²) in [5.41, 5.74) is 1.70. The lowest BCUT2D eigenvalue weighted by molar-refractivity contribution is -0.146. The third kappa shape index (κ3) is 4.36. The molecule has 5 N–H and O–H groups in total. The first-order chi connectivity index (χ1) is 9.36. The molecule has 6 heteroatoms. The van der Waals surface area contributed by atoms with Gasteiger partial charge >= 0.3 is 0 Å². The minimum absolute atomic E-state index is 0.0968. The monoisotopic (exact) mass is 284 g/mol. The Morgan fingerprint density at radius 3 is 2.10 bits per heavy atom. The Bertz CT molecular complexity index is 430. The minimum Gasteiger partial charge on any atom is -0.394 e. The van der Waals surface area contributed by atoms with Crippen LogP contribution in [0.5, 0.6) is 0 Å². The van der Waals surface area contributed by atoms with Crippen LogP contribution in [0.2, 0.25) is 0 Å². The second kappa shape index (κ2) is 7.47. The molecule has 0 aliphatic carbocycles. The Kier molecular flexibility index (Phi) is 6.25. The molecule has 0 aliphatic heterocycles. The second-order valence-electron chi connectivity index (χ2n) is 4.80. The molecule has 20 heavy (non-hydrogen) atoms. The molecule has 0 bridgehead atoms. The van der Waals surface area contributed by atoms with Gasteiger partial charge in [0.1, 0.15) is 24.4 Å². The Balaban J connectivity index is 2.64. The van der Waals surface area contributed by atoms with Gasteiger partial charge in [-0.05, 0) is 12.5 Å². The van der Waals surface area contributed by atoms with E-state index in [1.807, 2.05) is 19.1 Å². The highest BCUT2D eigenvalue weighted by Crippen LogP contribution is 2.10. The molecule has 0 spiro atoms. The van der Waals surface area contributed by atoms with Crippen LogP contribution in [0.1, 0.15) is 11.1 Å². The summed E-state index contributed by atoms with van der Waals surface area (Å²) in [6.45, 7) is 1.12. The summed E-state index contributed by atoms with van der Waals surface area (Å²) in [5, 5.41) is 46.5. The molecular formula is C14H20O6. The van der Waals surface area contributed by atoms with E-state index in [0.29, 0.717) is 5.56 Å². The Morgan fingerprint density at radius 2 is 1.60 bits per heavy atom. The van der Waals surface area contributed by atoms with E-state index < -0.39 is 36.8 Å². The summed E-state index contributed by atoms with van der Waals surface area (Å²) in [4.78, 5) is 11.8. The predicted octanol–water partition coefficient (Wildman–Crippen LogP) is -1.46. The molecule has 6 nitrogen and oxygen atoms in total. The molecule has 0 fully saturated rings. The van der Waals surface area contributed by atoms with Crippen molar-refractivity contribution in [2.75, 3.05) is 6.61 Å². The smallest absolute Gasteiger partial charge is 0.168 e. The number of rotatable bonds is 7. The van der Waals surface area contributed by atoms with Gasteiger partial charge in [-0.1, -0.05) is 29.8 Å². The molecule has 1 rings (SSSR count). The van der Waals surface area contributed by atoms with Crippen molar-refractivity contribution in [3.8, 4) is 0 Å². The van der Waals surface area contributed by atoms with Crippen molar-refractivity contribution >= 4 is 5.78 Å². The van der Waals surface area contributed by atoms with Crippen LogP contribution in [-0.2, 0) is 11.2 Å². The Hall–Kier alpha value is -1.31. The third-order valence-electron chi connectivity index (χ3n) is 3.08. The van der Waals surface area contributed by atoms with E-state index in [1.165, 1.54) is 0 Å². The van der Waals surface area contributed by atoms with Crippen LogP contribution in [0.25, 0.3) is 0 Å². The highest BCUT2D eigenvalue weighted by atomic mass is 16.4. The summed E-state index contributed by atoms with van der Waals surface area (Å²) in [6, 6.07) is 7.09. The summed E-state index contributed by atoms with van der Waals surface area (Å²) in [6.07, 6.45) is -7.19. The Morgan fingerprint density at radius 1 is 1.05 bits per heavy atom. The normalized spacial score (nSPS) is 17.3. The summed E-state index contributed by atoms with van der Waals surface area (Å²) in [7, 11) is 0. The SMILES string of the molecule is Cc1ccc(CC(=O)[C@H](O)[C@@H](O)[C@H](O)[C@H](O)CO)cc1. The zero-order valence-corrected chi connectivity index (χ0v) is 11.2. The number of Topliss-reactive ketones (excluding diaryl/α,β-unsaturated/α-hetero) is 1. The second-order valence-corrected chi connectivity index (χ2v) is 4.80. The number of benzene rings is 1. The lowest BCUT2D eigenvalue weighted by atomic mass is 9.96. The van der Waals surface area contributed by atoms with Gasteiger partial charge < -0.3 is 25.5 Å². The number of aliphatic hydroxyl groups is 5. The minimum atomic E-state index is -1.85. The lowest BCUT2D eigenvalue weighted by Gasteiger charge is -2.24. The van der Waals surface area contributed by atoms with Crippen LogP contribution in [0, 0.1) is 6.92 Å². The van der Waals surface area contributed by atoms with Gasteiger partial charge in [0.15, 0.2) is 5.78 Å². The molecule has 0 heterocycles. The van der Waals surface area contributed by atoms with E-state index in [2.05, 4.69) is 0 Å². The van der Waals surface area contributed by atoms with E-state index >= 15 is 0 Å². The molecule has 0 amide bonds. The van der Waals surface area contributed by atoms with Gasteiger partial charge in [0.05, 0.1) is 6.61 Å². The van der Waals surface area contributed by atoms with Crippen LogP contribution in [0.15, 0.2) is 24.3 Å². The molecule has 1 aromatic carbocycles. The fourth-order valence-corrected chi connectivity index (χ4v) is 1.72. The van der Waals surface area contributed by atoms with E-state index in [4.69, 9.17) is 10.2 Å². The number of aryl methyl sites for hydroxylation is 1. The number of carbonyl (C=O) groups is 1. The molecular weight excluding hydrogens is 264 g/mol. The molecule has 0 saturated heterocycles. The first-order valence-corrected chi connectivity index (χ1v) is 6.28. The van der Waals surface area contributed by atoms with Crippen molar-refractivity contribution in [2.45, 2.75) is 37.8 Å². The lowest BCUT2D eigenvalue weighted by Crippen LogP contribution is -2.49. The zero-order valence-electron chi connectivity index (χ0n) is 11.2. The van der Waals surface area contributed by atoms with Crippen molar-refractivity contribution in [1.29, 1.82) is 0 Å². The number of hydrogen-bond donors (Lipinski definition) is 5. The number of carbonyl (C=O) groups excluding carboxylic acids is 1. The van der Waals surface area contributed by atoms with Crippen molar-refractivity contribution in [3.05, 3.63) is 35.4 Å². The van der Waals surface area contributed by atoms with Gasteiger partial charge in [-0.25, -0.2) is 0 Å². The molecule has 0 saturated carbocycles. The number of hydrogen-bond acceptors (Lipinski definition) is 6. The van der Waals surface area contributed by atoms with Gasteiger partial charge in [0.2, 0.25) is 0 Å². The standard InChI is InChI=1S/C14H20O6/c1-8-2-4-9(5-3-8)6-10(16)12(18)14(20)13(19)11(17)7-15/h2-5,11-15,17-20H,6-7H2,1H3/t11-,12+,13-,14-/m1/s1. The molecule has 0 aliphatic rings. The fourth-order valence-electron chi connectivity index (χ4n) is 1.72. The van der Waals surface area contributed by atoms with Crippen LogP contribution in [0.4, 0.5) is 0 Å². The molecule has 0 unspecified atom stereocenters. The van der Waals surface area contributed by atoms with Crippen molar-refractivity contribution in [1.82, 2.24) is 0 Å². The zero-order chi connectivity index (χ0) is 15.3. The average molecular weight is 284 g/mol. The topological polar surface area (TPSA) is 118 Å². The summed E-state index contributed by atoms with van der Waals surface area (Å²) < 4.78 is 0. The number of aliphatic hydroxyl groups excluding tert-OH is 5. The Labute approximate surface area is 116 Å². The molecule has 4 atom stereocenters. The van der Waals surface area contributed by atoms with Gasteiger partial charge in [0.25, 0.3) is 0 Å². The highest BCUT2D eigenvalue weighted by molar-refractivity contribution is 5.85. The van der Waals surface area contributed by atoms with Crippen LogP contribution in [-0.4, -0.2) is 62.3 Å². The first-order valence-electron chi connectivity index (χ1n) is 6.28. The van der Waals surface area contributed by atoms with Crippen molar-refractivity contribution in [2.24, 2.45) is 0 Å². The van der Waals surface area contributed by atoms with Gasteiger partial charge in [-0.15, -0.1) is 0 Å². The number of ketones is 1. The molecule has 0 aromatic heterocycles. The van der Waals surface area contributed by atoms with Gasteiger partial charge in [-0.2, -0.15) is 0 Å². The van der Waals surface area contributed by atoms with E-state index in [-0.39, 0.29) is 6.42 Å². The van der Waals surface area contributed by atoms with Crippen LogP contribution < -0.4 is 0 Å². The maximum Gasteiger partial charge on any atom is 0.168 e.